The van der Waals surface area contributed by atoms with Gasteiger partial charge >= 0.3 is 12.0 Å². The minimum absolute atomic E-state index is 0.247. The molecule has 0 spiro atoms. The Morgan fingerprint density at radius 3 is 2.72 bits per heavy atom. The number of rotatable bonds is 3. The second kappa shape index (κ2) is 8.19. The minimum Gasteiger partial charge on any atom is -0.481 e. The van der Waals surface area contributed by atoms with Crippen LogP contribution >= 0.6 is 23.4 Å². The number of benzene rings is 1. The first kappa shape index (κ1) is 18.2. The van der Waals surface area contributed by atoms with Crippen LogP contribution in [0.2, 0.25) is 5.02 Å². The Morgan fingerprint density at radius 2 is 2.00 bits per heavy atom. The van der Waals surface area contributed by atoms with Crippen LogP contribution in [0, 0.1) is 5.92 Å². The first-order chi connectivity index (χ1) is 12.0. The number of likely N-dealkylation sites (tertiary alicyclic amines) is 1. The molecular weight excluding hydrogens is 362 g/mol. The number of anilines is 2. The normalized spacial score (nSPS) is 21.1. The van der Waals surface area contributed by atoms with Gasteiger partial charge in [-0.2, -0.15) is 11.8 Å². The van der Waals surface area contributed by atoms with Crippen molar-refractivity contribution in [1.82, 2.24) is 4.90 Å². The molecule has 25 heavy (non-hydrogen) atoms. The van der Waals surface area contributed by atoms with Crippen molar-refractivity contribution in [2.45, 2.75) is 12.8 Å². The lowest BCUT2D eigenvalue weighted by Crippen LogP contribution is -2.44. The average molecular weight is 384 g/mol. The van der Waals surface area contributed by atoms with Gasteiger partial charge in [0.1, 0.15) is 0 Å². The van der Waals surface area contributed by atoms with Gasteiger partial charge < -0.3 is 20.2 Å². The molecule has 136 valence electrons. The smallest absolute Gasteiger partial charge is 0.321 e. The van der Waals surface area contributed by atoms with Gasteiger partial charge in [-0.25, -0.2) is 4.79 Å². The van der Waals surface area contributed by atoms with Crippen LogP contribution in [-0.2, 0) is 4.79 Å². The van der Waals surface area contributed by atoms with E-state index in [0.29, 0.717) is 30.1 Å². The summed E-state index contributed by atoms with van der Waals surface area (Å²) >= 11 is 8.05. The lowest BCUT2D eigenvalue weighted by molar-refractivity contribution is -0.143. The summed E-state index contributed by atoms with van der Waals surface area (Å²) in [5.41, 5.74) is 1.65. The van der Waals surface area contributed by atoms with Gasteiger partial charge in [0.15, 0.2) is 0 Å². The zero-order valence-electron chi connectivity index (χ0n) is 13.9. The summed E-state index contributed by atoms with van der Waals surface area (Å²) in [6.07, 6.45) is 1.32. The van der Waals surface area contributed by atoms with Crippen LogP contribution in [0.3, 0.4) is 0 Å². The van der Waals surface area contributed by atoms with Crippen molar-refractivity contribution in [3.8, 4) is 0 Å². The molecule has 2 saturated heterocycles. The second-order valence-electron chi connectivity index (χ2n) is 6.31. The number of hydrogen-bond donors (Lipinski definition) is 2. The topological polar surface area (TPSA) is 72.9 Å². The molecule has 2 heterocycles. The molecule has 2 amide bonds. The molecule has 1 atom stereocenters. The van der Waals surface area contributed by atoms with Crippen molar-refractivity contribution in [1.29, 1.82) is 0 Å². The van der Waals surface area contributed by atoms with Crippen LogP contribution in [0.1, 0.15) is 12.8 Å². The fourth-order valence-electron chi connectivity index (χ4n) is 3.25. The molecule has 8 heteroatoms. The van der Waals surface area contributed by atoms with Crippen LogP contribution in [0.5, 0.6) is 0 Å². The van der Waals surface area contributed by atoms with Gasteiger partial charge in [0.25, 0.3) is 0 Å². The SMILES string of the molecule is O=C(O)C1CCCN(C(=O)Nc2cc(Cl)ccc2N2CCSCC2)C1. The number of halogens is 1. The molecule has 0 bridgehead atoms. The van der Waals surface area contributed by atoms with Gasteiger partial charge in [0.05, 0.1) is 17.3 Å². The van der Waals surface area contributed by atoms with Crippen LogP contribution in [0.25, 0.3) is 0 Å². The van der Waals surface area contributed by atoms with E-state index in [2.05, 4.69) is 10.2 Å². The summed E-state index contributed by atoms with van der Waals surface area (Å²) in [6, 6.07) is 5.26. The van der Waals surface area contributed by atoms with Gasteiger partial charge in [0.2, 0.25) is 0 Å². The molecule has 1 aromatic carbocycles. The molecule has 6 nitrogen and oxygen atoms in total. The summed E-state index contributed by atoms with van der Waals surface area (Å²) in [4.78, 5) is 27.7. The van der Waals surface area contributed by atoms with Crippen molar-refractivity contribution >= 4 is 46.7 Å². The monoisotopic (exact) mass is 383 g/mol. The Balaban J connectivity index is 1.74. The summed E-state index contributed by atoms with van der Waals surface area (Å²) in [5.74, 6) is 0.786. The Hall–Kier alpha value is -1.60. The fraction of sp³-hybridized carbons (Fsp3) is 0.529. The van der Waals surface area contributed by atoms with Gasteiger partial charge in [-0.3, -0.25) is 4.79 Å². The van der Waals surface area contributed by atoms with Crippen LogP contribution in [0.15, 0.2) is 18.2 Å². The number of carbonyl (C=O) groups excluding carboxylic acids is 1. The van der Waals surface area contributed by atoms with E-state index >= 15 is 0 Å². The molecule has 2 N–H and O–H groups in total. The molecule has 0 aromatic heterocycles. The highest BCUT2D eigenvalue weighted by Crippen LogP contribution is 2.31. The van der Waals surface area contributed by atoms with Crippen molar-refractivity contribution in [2.75, 3.05) is 47.9 Å². The largest absolute Gasteiger partial charge is 0.481 e. The van der Waals surface area contributed by atoms with Crippen LogP contribution in [-0.4, -0.2) is 59.7 Å². The third-order valence-electron chi connectivity index (χ3n) is 4.61. The number of thioether (sulfide) groups is 1. The Bertz CT molecular complexity index is 652. The fourth-order valence-corrected chi connectivity index (χ4v) is 4.32. The van der Waals surface area contributed by atoms with E-state index in [1.165, 1.54) is 0 Å². The molecule has 0 radical (unpaired) electrons. The maximum Gasteiger partial charge on any atom is 0.321 e. The highest BCUT2D eigenvalue weighted by Gasteiger charge is 2.28. The second-order valence-corrected chi connectivity index (χ2v) is 7.98. The molecule has 2 aliphatic heterocycles. The average Bonchev–Trinajstić information content (AvgIpc) is 2.62. The maximum absolute atomic E-state index is 12.6. The third kappa shape index (κ3) is 4.52. The Labute approximate surface area is 156 Å². The molecule has 0 aliphatic carbocycles. The predicted molar refractivity (Wildman–Crippen MR) is 102 cm³/mol. The number of hydrogen-bond acceptors (Lipinski definition) is 4. The summed E-state index contributed by atoms with van der Waals surface area (Å²) in [6.45, 7) is 2.68. The lowest BCUT2D eigenvalue weighted by atomic mass is 9.99. The molecule has 2 fully saturated rings. The van der Waals surface area contributed by atoms with E-state index in [4.69, 9.17) is 11.6 Å². The minimum atomic E-state index is -0.841. The van der Waals surface area contributed by atoms with E-state index in [1.54, 1.807) is 11.0 Å². The highest BCUT2D eigenvalue weighted by atomic mass is 35.5. The summed E-state index contributed by atoms with van der Waals surface area (Å²) in [7, 11) is 0. The number of nitrogens with one attached hydrogen (secondary N) is 1. The molecule has 1 unspecified atom stereocenters. The molecular formula is C17H22ClN3O3S. The molecule has 3 rings (SSSR count). The summed E-state index contributed by atoms with van der Waals surface area (Å²) in [5, 5.41) is 12.7. The van der Waals surface area contributed by atoms with Gasteiger partial charge in [-0.15, -0.1) is 0 Å². The number of aliphatic carboxylic acids is 1. The molecule has 1 aromatic rings. The Morgan fingerprint density at radius 1 is 1.24 bits per heavy atom. The van der Waals surface area contributed by atoms with Crippen LogP contribution in [0.4, 0.5) is 16.2 Å². The number of carboxylic acid groups (broad SMARTS) is 1. The number of piperidine rings is 1. The Kier molecular flexibility index (Phi) is 5.96. The van der Waals surface area contributed by atoms with Crippen LogP contribution < -0.4 is 10.2 Å². The van der Waals surface area contributed by atoms with E-state index in [-0.39, 0.29) is 12.6 Å². The van der Waals surface area contributed by atoms with Crippen molar-refractivity contribution in [3.63, 3.8) is 0 Å². The van der Waals surface area contributed by atoms with Crippen molar-refractivity contribution < 1.29 is 14.7 Å². The number of nitrogens with zero attached hydrogens (tertiary/aromatic N) is 2. The number of urea groups is 1. The quantitative estimate of drug-likeness (QED) is 0.838. The van der Waals surface area contributed by atoms with E-state index in [9.17, 15) is 14.7 Å². The van der Waals surface area contributed by atoms with E-state index in [0.717, 1.165) is 30.3 Å². The molecule has 2 aliphatic rings. The standard InChI is InChI=1S/C17H22ClN3O3S/c18-13-3-4-15(20-6-8-25-9-7-20)14(10-13)19-17(24)21-5-1-2-12(11-21)16(22)23/h3-4,10,12H,1-2,5-9,11H2,(H,19,24)(H,22,23). The van der Waals surface area contributed by atoms with E-state index < -0.39 is 11.9 Å². The first-order valence-corrected chi connectivity index (χ1v) is 9.99. The zero-order chi connectivity index (χ0) is 17.8. The summed E-state index contributed by atoms with van der Waals surface area (Å²) < 4.78 is 0. The van der Waals surface area contributed by atoms with Crippen molar-refractivity contribution in [2.24, 2.45) is 5.92 Å². The maximum atomic E-state index is 12.6. The van der Waals surface area contributed by atoms with Gasteiger partial charge in [-0.1, -0.05) is 11.6 Å². The van der Waals surface area contributed by atoms with Gasteiger partial charge in [0, 0.05) is 42.7 Å². The zero-order valence-corrected chi connectivity index (χ0v) is 15.5. The first-order valence-electron chi connectivity index (χ1n) is 8.45. The van der Waals surface area contributed by atoms with E-state index in [1.807, 2.05) is 23.9 Å². The number of amides is 2. The number of carboxylic acids is 1. The molecule has 0 saturated carbocycles. The van der Waals surface area contributed by atoms with Crippen molar-refractivity contribution in [3.05, 3.63) is 23.2 Å². The van der Waals surface area contributed by atoms with Gasteiger partial charge in [-0.05, 0) is 31.0 Å². The number of carbonyl (C=O) groups is 2. The highest BCUT2D eigenvalue weighted by molar-refractivity contribution is 7.99. The predicted octanol–water partition coefficient (Wildman–Crippen LogP) is 3.22. The third-order valence-corrected chi connectivity index (χ3v) is 5.79. The lowest BCUT2D eigenvalue weighted by Gasteiger charge is -2.33.